The summed E-state index contributed by atoms with van der Waals surface area (Å²) in [5, 5.41) is 12.7. The van der Waals surface area contributed by atoms with E-state index in [1.807, 2.05) is 55.5 Å². The SMILES string of the molecule is Cc1c(/C=C2/SC(=S)N(c3ccc([N+](=O)[O-])cc3)C2=O)c2ccccc2n1Cc1ccccc1Cl. The molecular weight excluding hydrogens is 502 g/mol. The number of para-hydroxylation sites is 1. The quantitative estimate of drug-likeness (QED) is 0.123. The zero-order chi connectivity index (χ0) is 24.7. The van der Waals surface area contributed by atoms with Gasteiger partial charge in [-0.25, -0.2) is 0 Å². The van der Waals surface area contributed by atoms with Crippen LogP contribution in [-0.2, 0) is 11.3 Å². The standard InChI is InChI=1S/C26H18ClN3O3S2/c1-16-21(20-7-3-5-9-23(20)28(16)15-17-6-2-4-8-22(17)27)14-24-25(31)29(26(34)35-24)18-10-12-19(13-11-18)30(32)33/h2-14H,15H2,1H3/b24-14+. The summed E-state index contributed by atoms with van der Waals surface area (Å²) in [5.74, 6) is -0.254. The maximum Gasteiger partial charge on any atom is 0.270 e. The van der Waals surface area contributed by atoms with E-state index in [2.05, 4.69) is 10.6 Å². The highest BCUT2D eigenvalue weighted by Crippen LogP contribution is 2.38. The molecule has 0 N–H and O–H groups in total. The monoisotopic (exact) mass is 519 g/mol. The Kier molecular flexibility index (Phi) is 6.19. The fourth-order valence-electron chi connectivity index (χ4n) is 4.19. The first kappa shape index (κ1) is 23.3. The third-order valence-corrected chi connectivity index (χ3v) is 7.62. The second-order valence-corrected chi connectivity index (χ2v) is 10.1. The molecule has 1 aromatic heterocycles. The van der Waals surface area contributed by atoms with Gasteiger partial charge in [-0.3, -0.25) is 19.8 Å². The number of nitro groups is 1. The molecule has 2 heterocycles. The molecule has 0 aliphatic carbocycles. The van der Waals surface area contributed by atoms with Crippen LogP contribution in [0.1, 0.15) is 16.8 Å². The predicted molar refractivity (Wildman–Crippen MR) is 146 cm³/mol. The van der Waals surface area contributed by atoms with E-state index >= 15 is 0 Å². The molecule has 1 aliphatic rings. The van der Waals surface area contributed by atoms with Gasteiger partial charge in [-0.2, -0.15) is 0 Å². The molecule has 0 unspecified atom stereocenters. The van der Waals surface area contributed by atoms with Crippen LogP contribution in [0.3, 0.4) is 0 Å². The molecule has 1 fully saturated rings. The number of carbonyl (C=O) groups excluding carboxylic acids is 1. The summed E-state index contributed by atoms with van der Waals surface area (Å²) in [6.45, 7) is 2.63. The molecule has 5 rings (SSSR count). The van der Waals surface area contributed by atoms with Crippen LogP contribution >= 0.6 is 35.6 Å². The van der Waals surface area contributed by atoms with Crippen molar-refractivity contribution in [3.05, 3.63) is 110 Å². The fourth-order valence-corrected chi connectivity index (χ4v) is 5.66. The number of rotatable bonds is 5. The first-order valence-corrected chi connectivity index (χ1v) is 12.3. The van der Waals surface area contributed by atoms with E-state index < -0.39 is 4.92 Å². The summed E-state index contributed by atoms with van der Waals surface area (Å²) in [7, 11) is 0. The van der Waals surface area contributed by atoms with Crippen LogP contribution in [0, 0.1) is 17.0 Å². The Balaban J connectivity index is 1.54. The Labute approximate surface area is 216 Å². The number of thiocarbonyl (C=S) groups is 1. The second-order valence-electron chi connectivity index (χ2n) is 7.98. The van der Waals surface area contributed by atoms with Crippen molar-refractivity contribution in [2.24, 2.45) is 0 Å². The number of carbonyl (C=O) groups is 1. The van der Waals surface area contributed by atoms with Crippen LogP contribution < -0.4 is 4.90 Å². The van der Waals surface area contributed by atoms with Crippen molar-refractivity contribution in [3.63, 3.8) is 0 Å². The van der Waals surface area contributed by atoms with Gasteiger partial charge < -0.3 is 4.57 Å². The largest absolute Gasteiger partial charge is 0.340 e. The lowest BCUT2D eigenvalue weighted by Crippen LogP contribution is -2.27. The lowest BCUT2D eigenvalue weighted by atomic mass is 10.1. The van der Waals surface area contributed by atoms with Crippen LogP contribution in [-0.4, -0.2) is 19.7 Å². The van der Waals surface area contributed by atoms with Crippen LogP contribution in [0.25, 0.3) is 17.0 Å². The number of nitro benzene ring substituents is 1. The Morgan fingerprint density at radius 3 is 2.46 bits per heavy atom. The summed E-state index contributed by atoms with van der Waals surface area (Å²) in [4.78, 5) is 25.7. The lowest BCUT2D eigenvalue weighted by molar-refractivity contribution is -0.384. The zero-order valence-electron chi connectivity index (χ0n) is 18.5. The van der Waals surface area contributed by atoms with Gasteiger partial charge in [0, 0.05) is 45.9 Å². The van der Waals surface area contributed by atoms with Gasteiger partial charge in [0.1, 0.15) is 0 Å². The van der Waals surface area contributed by atoms with Crippen molar-refractivity contribution in [2.75, 3.05) is 4.90 Å². The van der Waals surface area contributed by atoms with Gasteiger partial charge in [0.2, 0.25) is 0 Å². The molecule has 9 heteroatoms. The number of nitrogens with zero attached hydrogens (tertiary/aromatic N) is 3. The number of halogens is 1. The van der Waals surface area contributed by atoms with E-state index in [1.54, 1.807) is 0 Å². The minimum Gasteiger partial charge on any atom is -0.340 e. The van der Waals surface area contributed by atoms with Gasteiger partial charge >= 0.3 is 0 Å². The average Bonchev–Trinajstić information content (AvgIpc) is 3.28. The summed E-state index contributed by atoms with van der Waals surface area (Å²) in [6, 6.07) is 21.6. The van der Waals surface area contributed by atoms with Crippen molar-refractivity contribution >= 4 is 74.2 Å². The number of aromatic nitrogens is 1. The highest BCUT2D eigenvalue weighted by atomic mass is 35.5. The number of hydrogen-bond acceptors (Lipinski definition) is 5. The Morgan fingerprint density at radius 1 is 1.06 bits per heavy atom. The molecular formula is C26H18ClN3O3S2. The first-order chi connectivity index (χ1) is 16.8. The Morgan fingerprint density at radius 2 is 1.74 bits per heavy atom. The van der Waals surface area contributed by atoms with E-state index in [1.165, 1.54) is 40.9 Å². The van der Waals surface area contributed by atoms with Crippen molar-refractivity contribution in [3.8, 4) is 0 Å². The maximum atomic E-state index is 13.3. The molecule has 0 bridgehead atoms. The van der Waals surface area contributed by atoms with E-state index in [9.17, 15) is 14.9 Å². The van der Waals surface area contributed by atoms with Crippen molar-refractivity contribution in [1.82, 2.24) is 4.57 Å². The number of non-ortho nitro benzene ring substituents is 1. The van der Waals surface area contributed by atoms with Gasteiger partial charge in [0.05, 0.1) is 15.5 Å². The van der Waals surface area contributed by atoms with Crippen molar-refractivity contribution < 1.29 is 9.72 Å². The summed E-state index contributed by atoms with van der Waals surface area (Å²) < 4.78 is 2.58. The fraction of sp³-hybridized carbons (Fsp3) is 0.0769. The van der Waals surface area contributed by atoms with Gasteiger partial charge in [0.15, 0.2) is 4.32 Å². The predicted octanol–water partition coefficient (Wildman–Crippen LogP) is 6.97. The molecule has 4 aromatic rings. The number of fused-ring (bicyclic) bond motifs is 1. The van der Waals surface area contributed by atoms with Gasteiger partial charge in [-0.05, 0) is 42.8 Å². The summed E-state index contributed by atoms with van der Waals surface area (Å²) in [6.07, 6.45) is 1.88. The lowest BCUT2D eigenvalue weighted by Gasteiger charge is -2.14. The van der Waals surface area contributed by atoms with Gasteiger partial charge in [-0.15, -0.1) is 0 Å². The number of thioether (sulfide) groups is 1. The van der Waals surface area contributed by atoms with E-state index in [0.29, 0.717) is 26.5 Å². The number of benzene rings is 3. The summed E-state index contributed by atoms with van der Waals surface area (Å²) in [5.41, 5.74) is 4.45. The first-order valence-electron chi connectivity index (χ1n) is 10.7. The van der Waals surface area contributed by atoms with Crippen LogP contribution in [0.15, 0.2) is 77.7 Å². The number of amides is 1. The van der Waals surface area contributed by atoms with Crippen LogP contribution in [0.5, 0.6) is 0 Å². The molecule has 1 aliphatic heterocycles. The molecule has 0 radical (unpaired) electrons. The van der Waals surface area contributed by atoms with Crippen molar-refractivity contribution in [2.45, 2.75) is 13.5 Å². The van der Waals surface area contributed by atoms with E-state index in [4.69, 9.17) is 23.8 Å². The third kappa shape index (κ3) is 4.25. The highest BCUT2D eigenvalue weighted by molar-refractivity contribution is 8.27. The number of hydrogen-bond donors (Lipinski definition) is 0. The normalized spacial score (nSPS) is 14.9. The number of anilines is 1. The molecule has 0 saturated carbocycles. The minimum absolute atomic E-state index is 0.0447. The summed E-state index contributed by atoms with van der Waals surface area (Å²) >= 11 is 13.1. The van der Waals surface area contributed by atoms with E-state index in [0.717, 1.165) is 27.7 Å². The molecule has 35 heavy (non-hydrogen) atoms. The minimum atomic E-state index is -0.477. The molecule has 3 aromatic carbocycles. The third-order valence-electron chi connectivity index (χ3n) is 5.95. The maximum absolute atomic E-state index is 13.3. The van der Waals surface area contributed by atoms with Gasteiger partial charge in [0.25, 0.3) is 11.6 Å². The molecule has 1 saturated heterocycles. The van der Waals surface area contributed by atoms with Crippen LogP contribution in [0.2, 0.25) is 5.02 Å². The highest BCUT2D eigenvalue weighted by Gasteiger charge is 2.34. The van der Waals surface area contributed by atoms with Gasteiger partial charge in [-0.1, -0.05) is 72.0 Å². The van der Waals surface area contributed by atoms with Crippen LogP contribution in [0.4, 0.5) is 11.4 Å². The zero-order valence-corrected chi connectivity index (χ0v) is 20.9. The Bertz CT molecular complexity index is 1540. The topological polar surface area (TPSA) is 68.4 Å². The van der Waals surface area contributed by atoms with E-state index in [-0.39, 0.29) is 11.6 Å². The smallest absolute Gasteiger partial charge is 0.270 e. The molecule has 6 nitrogen and oxygen atoms in total. The van der Waals surface area contributed by atoms with Crippen molar-refractivity contribution in [1.29, 1.82) is 0 Å². The Hall–Kier alpha value is -3.46. The molecule has 1 amide bonds. The molecule has 0 atom stereocenters. The molecule has 174 valence electrons. The average molecular weight is 520 g/mol. The molecule has 0 spiro atoms. The second kappa shape index (κ2) is 9.30.